The van der Waals surface area contributed by atoms with Gasteiger partial charge in [-0.05, 0) is 44.7 Å². The lowest BCUT2D eigenvalue weighted by atomic mass is 9.71. The van der Waals surface area contributed by atoms with Gasteiger partial charge in [-0.15, -0.1) is 0 Å². The lowest BCUT2D eigenvalue weighted by molar-refractivity contribution is -0.123. The Morgan fingerprint density at radius 3 is 2.49 bits per heavy atom. The summed E-state index contributed by atoms with van der Waals surface area (Å²) in [4.78, 5) is 35.4. The van der Waals surface area contributed by atoms with E-state index in [-0.39, 0.29) is 17.0 Å². The lowest BCUT2D eigenvalue weighted by Gasteiger charge is -2.35. The number of pyridine rings is 1. The molecule has 3 aromatic heterocycles. The van der Waals surface area contributed by atoms with Crippen LogP contribution in [-0.2, 0) is 20.2 Å². The van der Waals surface area contributed by atoms with Gasteiger partial charge in [0.25, 0.3) is 0 Å². The molecule has 0 radical (unpaired) electrons. The van der Waals surface area contributed by atoms with Crippen LogP contribution >= 0.6 is 0 Å². The fourth-order valence-corrected chi connectivity index (χ4v) is 5.88. The highest BCUT2D eigenvalue weighted by atomic mass is 32.2. The standard InChI is InChI=1S/C25H29N7O4S/c1-2-36-23-16-26-13-19(29-23)17-6-9-21(28-12-17)31-24(33)25(10-4-3-5-11-25)20-14-27-15-22(30-20)32-37(34,35)18-7-8-18/h6,9,12-16,18H,2-5,7-8,10-11H2,1H3,(H,30,32)(H,28,31,33). The van der Waals surface area contributed by atoms with Crippen LogP contribution < -0.4 is 14.8 Å². The first-order chi connectivity index (χ1) is 17.9. The first-order valence-corrected chi connectivity index (χ1v) is 14.0. The molecule has 2 N–H and O–H groups in total. The Labute approximate surface area is 215 Å². The Hall–Kier alpha value is -3.67. The number of hydrogen-bond acceptors (Lipinski definition) is 9. The molecule has 2 aliphatic carbocycles. The molecule has 3 aromatic rings. The van der Waals surface area contributed by atoms with E-state index in [1.54, 1.807) is 30.9 Å². The maximum absolute atomic E-state index is 13.7. The third-order valence-electron chi connectivity index (χ3n) is 6.68. The Bertz CT molecular complexity index is 1370. The topological polar surface area (TPSA) is 149 Å². The molecule has 5 rings (SSSR count). The molecule has 0 saturated heterocycles. The Balaban J connectivity index is 1.36. The van der Waals surface area contributed by atoms with Gasteiger partial charge in [-0.2, -0.15) is 0 Å². The van der Waals surface area contributed by atoms with Crippen LogP contribution in [0.1, 0.15) is 57.6 Å². The molecule has 2 aliphatic rings. The number of carbonyl (C=O) groups is 1. The van der Waals surface area contributed by atoms with Crippen molar-refractivity contribution >= 4 is 27.6 Å². The Kier molecular flexibility index (Phi) is 7.00. The van der Waals surface area contributed by atoms with Crippen molar-refractivity contribution in [1.29, 1.82) is 0 Å². The number of nitrogens with zero attached hydrogens (tertiary/aromatic N) is 5. The molecule has 11 nitrogen and oxygen atoms in total. The van der Waals surface area contributed by atoms with E-state index < -0.39 is 15.4 Å². The van der Waals surface area contributed by atoms with Gasteiger partial charge in [0.15, 0.2) is 5.82 Å². The summed E-state index contributed by atoms with van der Waals surface area (Å²) in [5, 5.41) is 2.56. The molecular weight excluding hydrogens is 494 g/mol. The molecule has 12 heteroatoms. The number of carbonyl (C=O) groups excluding carboxylic acids is 1. The van der Waals surface area contributed by atoms with Gasteiger partial charge in [-0.1, -0.05) is 19.3 Å². The van der Waals surface area contributed by atoms with E-state index in [0.717, 1.165) is 24.8 Å². The maximum atomic E-state index is 13.7. The predicted molar refractivity (Wildman–Crippen MR) is 137 cm³/mol. The summed E-state index contributed by atoms with van der Waals surface area (Å²) in [6.07, 6.45) is 12.9. The molecule has 0 bridgehead atoms. The minimum absolute atomic E-state index is 0.139. The summed E-state index contributed by atoms with van der Waals surface area (Å²) in [5.41, 5.74) is 0.881. The van der Waals surface area contributed by atoms with Crippen LogP contribution in [0.25, 0.3) is 11.3 Å². The predicted octanol–water partition coefficient (Wildman–Crippen LogP) is 3.47. The quantitative estimate of drug-likeness (QED) is 0.430. The summed E-state index contributed by atoms with van der Waals surface area (Å²) < 4.78 is 32.8. The number of aromatic nitrogens is 5. The summed E-state index contributed by atoms with van der Waals surface area (Å²) in [7, 11) is -3.49. The van der Waals surface area contributed by atoms with Gasteiger partial charge in [0.05, 0.1) is 47.3 Å². The number of hydrogen-bond donors (Lipinski definition) is 2. The number of ether oxygens (including phenoxy) is 1. The monoisotopic (exact) mass is 523 g/mol. The van der Waals surface area contributed by atoms with Crippen molar-refractivity contribution in [3.63, 3.8) is 0 Å². The normalized spacial score (nSPS) is 17.1. The zero-order valence-corrected chi connectivity index (χ0v) is 21.4. The Morgan fingerprint density at radius 2 is 1.78 bits per heavy atom. The smallest absolute Gasteiger partial charge is 0.237 e. The first-order valence-electron chi connectivity index (χ1n) is 12.5. The van der Waals surface area contributed by atoms with Crippen molar-refractivity contribution in [2.45, 2.75) is 62.5 Å². The second kappa shape index (κ2) is 10.4. The third-order valence-corrected chi connectivity index (χ3v) is 8.52. The zero-order valence-electron chi connectivity index (χ0n) is 20.6. The largest absolute Gasteiger partial charge is 0.477 e. The Morgan fingerprint density at radius 1 is 1.00 bits per heavy atom. The van der Waals surface area contributed by atoms with Crippen LogP contribution in [0.4, 0.5) is 11.6 Å². The van der Waals surface area contributed by atoms with Crippen LogP contribution in [-0.4, -0.2) is 51.1 Å². The van der Waals surface area contributed by atoms with Crippen molar-refractivity contribution in [2.75, 3.05) is 16.6 Å². The molecule has 0 spiro atoms. The summed E-state index contributed by atoms with van der Waals surface area (Å²) >= 11 is 0. The highest BCUT2D eigenvalue weighted by Crippen LogP contribution is 2.40. The van der Waals surface area contributed by atoms with Gasteiger partial charge in [0.2, 0.25) is 21.8 Å². The molecular formula is C25H29N7O4S. The molecule has 3 heterocycles. The second-order valence-corrected chi connectivity index (χ2v) is 11.3. The SMILES string of the molecule is CCOc1cncc(-c2ccc(NC(=O)C3(c4cncc(NS(=O)(=O)C5CC5)n4)CCCCC3)nc2)n1. The molecule has 0 atom stereocenters. The highest BCUT2D eigenvalue weighted by molar-refractivity contribution is 7.93. The molecule has 0 aliphatic heterocycles. The minimum atomic E-state index is -3.49. The molecule has 0 aromatic carbocycles. The van der Waals surface area contributed by atoms with E-state index in [1.165, 1.54) is 6.20 Å². The lowest BCUT2D eigenvalue weighted by Crippen LogP contribution is -2.43. The first kappa shape index (κ1) is 25.0. The van der Waals surface area contributed by atoms with Crippen molar-refractivity contribution < 1.29 is 17.9 Å². The number of amides is 1. The summed E-state index contributed by atoms with van der Waals surface area (Å²) in [6, 6.07) is 3.52. The molecule has 2 saturated carbocycles. The van der Waals surface area contributed by atoms with Crippen molar-refractivity contribution in [3.05, 3.63) is 48.8 Å². The zero-order chi connectivity index (χ0) is 25.9. The second-order valence-electron chi connectivity index (χ2n) is 9.34. The van der Waals surface area contributed by atoms with Crippen LogP contribution in [0.15, 0.2) is 43.1 Å². The van der Waals surface area contributed by atoms with E-state index in [0.29, 0.717) is 55.4 Å². The fraction of sp³-hybridized carbons (Fsp3) is 0.440. The molecule has 37 heavy (non-hydrogen) atoms. The minimum Gasteiger partial charge on any atom is -0.477 e. The number of sulfonamides is 1. The average Bonchev–Trinajstić information content (AvgIpc) is 3.77. The van der Waals surface area contributed by atoms with Crippen LogP contribution in [0.5, 0.6) is 5.88 Å². The van der Waals surface area contributed by atoms with E-state index in [9.17, 15) is 13.2 Å². The van der Waals surface area contributed by atoms with Gasteiger partial charge >= 0.3 is 0 Å². The van der Waals surface area contributed by atoms with Gasteiger partial charge in [0.1, 0.15) is 5.82 Å². The number of nitrogens with one attached hydrogen (secondary N) is 2. The summed E-state index contributed by atoms with van der Waals surface area (Å²) in [5.74, 6) is 0.729. The van der Waals surface area contributed by atoms with Crippen molar-refractivity contribution in [3.8, 4) is 17.1 Å². The van der Waals surface area contributed by atoms with E-state index in [2.05, 4.69) is 35.0 Å². The molecule has 1 amide bonds. The van der Waals surface area contributed by atoms with E-state index >= 15 is 0 Å². The average molecular weight is 524 g/mol. The van der Waals surface area contributed by atoms with Crippen molar-refractivity contribution in [1.82, 2.24) is 24.9 Å². The van der Waals surface area contributed by atoms with E-state index in [4.69, 9.17) is 4.74 Å². The maximum Gasteiger partial charge on any atom is 0.237 e. The number of rotatable bonds is 9. The summed E-state index contributed by atoms with van der Waals surface area (Å²) in [6.45, 7) is 2.36. The van der Waals surface area contributed by atoms with Gasteiger partial charge < -0.3 is 10.1 Å². The third kappa shape index (κ3) is 5.53. The van der Waals surface area contributed by atoms with Gasteiger partial charge in [0, 0.05) is 18.0 Å². The molecule has 194 valence electrons. The molecule has 0 unspecified atom stereocenters. The van der Waals surface area contributed by atoms with E-state index in [1.807, 2.05) is 13.0 Å². The van der Waals surface area contributed by atoms with Crippen LogP contribution in [0.2, 0.25) is 0 Å². The molecule has 2 fully saturated rings. The van der Waals surface area contributed by atoms with Crippen molar-refractivity contribution in [2.24, 2.45) is 0 Å². The highest BCUT2D eigenvalue weighted by Gasteiger charge is 2.43. The van der Waals surface area contributed by atoms with Crippen LogP contribution in [0, 0.1) is 0 Å². The number of anilines is 2. The van der Waals surface area contributed by atoms with Gasteiger partial charge in [-0.25, -0.2) is 23.4 Å². The fourth-order valence-electron chi connectivity index (χ4n) is 4.57. The van der Waals surface area contributed by atoms with Crippen LogP contribution in [0.3, 0.4) is 0 Å². The van der Waals surface area contributed by atoms with Gasteiger partial charge in [-0.3, -0.25) is 19.5 Å².